The number of benzene rings is 1. The molecule has 0 fully saturated rings. The monoisotopic (exact) mass is 282 g/mol. The molecule has 4 nitrogen and oxygen atoms in total. The van der Waals surface area contributed by atoms with Gasteiger partial charge in [-0.3, -0.25) is 9.59 Å². The predicted molar refractivity (Wildman–Crippen MR) is 70.6 cm³/mol. The Labute approximate surface area is 115 Å². The summed E-state index contributed by atoms with van der Waals surface area (Å²) in [7, 11) is 0. The van der Waals surface area contributed by atoms with Crippen molar-refractivity contribution in [2.45, 2.75) is 25.8 Å². The lowest BCUT2D eigenvalue weighted by molar-refractivity contribution is -0.127. The van der Waals surface area contributed by atoms with E-state index in [1.807, 2.05) is 0 Å². The molecule has 0 radical (unpaired) electrons. The Morgan fingerprint density at radius 2 is 1.90 bits per heavy atom. The molecule has 0 saturated heterocycles. The SMILES string of the molecule is C=C(C)C[C@@H](NC(=O)Cc1c(F)cccc1F)C(N)=O. The van der Waals surface area contributed by atoms with Crippen LogP contribution in [0.2, 0.25) is 0 Å². The minimum absolute atomic E-state index is 0.181. The Balaban J connectivity index is 2.76. The summed E-state index contributed by atoms with van der Waals surface area (Å²) in [6.07, 6.45) is -0.320. The van der Waals surface area contributed by atoms with E-state index in [2.05, 4.69) is 11.9 Å². The van der Waals surface area contributed by atoms with Crippen molar-refractivity contribution in [2.75, 3.05) is 0 Å². The van der Waals surface area contributed by atoms with Gasteiger partial charge in [0.25, 0.3) is 0 Å². The molecule has 0 bridgehead atoms. The van der Waals surface area contributed by atoms with Crippen molar-refractivity contribution in [3.8, 4) is 0 Å². The molecule has 1 aromatic carbocycles. The molecule has 0 aromatic heterocycles. The predicted octanol–water partition coefficient (Wildman–Crippen LogP) is 1.44. The van der Waals surface area contributed by atoms with Gasteiger partial charge in [0.1, 0.15) is 17.7 Å². The molecule has 20 heavy (non-hydrogen) atoms. The van der Waals surface area contributed by atoms with Gasteiger partial charge >= 0.3 is 0 Å². The molecule has 0 spiro atoms. The third-order valence-electron chi connectivity index (χ3n) is 2.63. The minimum atomic E-state index is -0.935. The number of nitrogens with two attached hydrogens (primary N) is 1. The van der Waals surface area contributed by atoms with Crippen molar-refractivity contribution in [2.24, 2.45) is 5.73 Å². The number of rotatable bonds is 6. The second kappa shape index (κ2) is 6.79. The van der Waals surface area contributed by atoms with Crippen molar-refractivity contribution in [3.63, 3.8) is 0 Å². The van der Waals surface area contributed by atoms with E-state index >= 15 is 0 Å². The van der Waals surface area contributed by atoms with Gasteiger partial charge in [-0.1, -0.05) is 11.6 Å². The number of halogens is 2. The molecular weight excluding hydrogens is 266 g/mol. The van der Waals surface area contributed by atoms with Gasteiger partial charge in [-0.15, -0.1) is 6.58 Å². The molecule has 2 amide bonds. The van der Waals surface area contributed by atoms with Crippen molar-refractivity contribution < 1.29 is 18.4 Å². The fraction of sp³-hybridized carbons (Fsp3) is 0.286. The lowest BCUT2D eigenvalue weighted by Crippen LogP contribution is -2.45. The summed E-state index contributed by atoms with van der Waals surface area (Å²) in [6, 6.07) is 2.39. The average molecular weight is 282 g/mol. The highest BCUT2D eigenvalue weighted by Gasteiger charge is 2.20. The van der Waals surface area contributed by atoms with Crippen molar-refractivity contribution in [3.05, 3.63) is 47.5 Å². The number of amides is 2. The number of carbonyl (C=O) groups excluding carboxylic acids is 2. The molecule has 0 aliphatic carbocycles. The zero-order valence-corrected chi connectivity index (χ0v) is 11.1. The van der Waals surface area contributed by atoms with Crippen LogP contribution in [0.25, 0.3) is 0 Å². The van der Waals surface area contributed by atoms with Crippen LogP contribution in [-0.4, -0.2) is 17.9 Å². The van der Waals surface area contributed by atoms with Gasteiger partial charge in [0.05, 0.1) is 6.42 Å². The zero-order valence-electron chi connectivity index (χ0n) is 11.1. The molecular formula is C14H16F2N2O2. The smallest absolute Gasteiger partial charge is 0.240 e. The maximum Gasteiger partial charge on any atom is 0.240 e. The fourth-order valence-corrected chi connectivity index (χ4v) is 1.68. The standard InChI is InChI=1S/C14H16F2N2O2/c1-8(2)6-12(14(17)20)18-13(19)7-9-10(15)4-3-5-11(9)16/h3-5,12H,1,6-7H2,2H3,(H2,17,20)(H,18,19)/t12-/m1/s1. The highest BCUT2D eigenvalue weighted by molar-refractivity contribution is 5.87. The molecule has 0 saturated carbocycles. The van der Waals surface area contributed by atoms with E-state index in [1.54, 1.807) is 6.92 Å². The fourth-order valence-electron chi connectivity index (χ4n) is 1.68. The summed E-state index contributed by atoms with van der Waals surface area (Å²) in [5.41, 5.74) is 5.46. The molecule has 0 aliphatic heterocycles. The Kier molecular flexibility index (Phi) is 5.37. The quantitative estimate of drug-likeness (QED) is 0.775. The van der Waals surface area contributed by atoms with Crippen LogP contribution >= 0.6 is 0 Å². The summed E-state index contributed by atoms with van der Waals surface area (Å²) in [6.45, 7) is 5.30. The minimum Gasteiger partial charge on any atom is -0.368 e. The maximum atomic E-state index is 13.4. The number of hydrogen-bond acceptors (Lipinski definition) is 2. The molecule has 3 N–H and O–H groups in total. The van der Waals surface area contributed by atoms with E-state index in [0.29, 0.717) is 5.57 Å². The summed E-state index contributed by atoms with van der Waals surface area (Å²) in [5.74, 6) is -3.03. The van der Waals surface area contributed by atoms with Gasteiger partial charge in [0.15, 0.2) is 0 Å². The van der Waals surface area contributed by atoms with Gasteiger partial charge < -0.3 is 11.1 Å². The largest absolute Gasteiger partial charge is 0.368 e. The van der Waals surface area contributed by atoms with Crippen LogP contribution in [0.15, 0.2) is 30.4 Å². The van der Waals surface area contributed by atoms with Crippen LogP contribution in [0, 0.1) is 11.6 Å². The summed E-state index contributed by atoms with van der Waals surface area (Å²) < 4.78 is 26.8. The van der Waals surface area contributed by atoms with E-state index in [1.165, 1.54) is 6.07 Å². The van der Waals surface area contributed by atoms with E-state index in [0.717, 1.165) is 12.1 Å². The lowest BCUT2D eigenvalue weighted by atomic mass is 10.1. The molecule has 6 heteroatoms. The van der Waals surface area contributed by atoms with Gasteiger partial charge in [0, 0.05) is 5.56 Å². The second-order valence-electron chi connectivity index (χ2n) is 4.56. The van der Waals surface area contributed by atoms with Crippen molar-refractivity contribution >= 4 is 11.8 Å². The Hall–Kier alpha value is -2.24. The Morgan fingerprint density at radius 1 is 1.35 bits per heavy atom. The number of carbonyl (C=O) groups is 2. The van der Waals surface area contributed by atoms with Crippen molar-refractivity contribution in [1.29, 1.82) is 0 Å². The third-order valence-corrected chi connectivity index (χ3v) is 2.63. The average Bonchev–Trinajstić information content (AvgIpc) is 2.32. The topological polar surface area (TPSA) is 72.2 Å². The molecule has 108 valence electrons. The normalized spacial score (nSPS) is 11.8. The second-order valence-corrected chi connectivity index (χ2v) is 4.56. The van der Waals surface area contributed by atoms with Crippen LogP contribution in [0.3, 0.4) is 0 Å². The van der Waals surface area contributed by atoms with Gasteiger partial charge in [-0.2, -0.15) is 0 Å². The molecule has 1 atom stereocenters. The van der Waals surface area contributed by atoms with Gasteiger partial charge in [-0.25, -0.2) is 8.78 Å². The first kappa shape index (κ1) is 15.8. The number of nitrogens with one attached hydrogen (secondary N) is 1. The van der Waals surface area contributed by atoms with Gasteiger partial charge in [-0.05, 0) is 25.5 Å². The van der Waals surface area contributed by atoms with Gasteiger partial charge in [0.2, 0.25) is 11.8 Å². The molecule has 1 aromatic rings. The Bertz CT molecular complexity index is 524. The van der Waals surface area contributed by atoms with E-state index < -0.39 is 35.9 Å². The van der Waals surface area contributed by atoms with Crippen LogP contribution in [-0.2, 0) is 16.0 Å². The molecule has 0 heterocycles. The zero-order chi connectivity index (χ0) is 15.3. The van der Waals surface area contributed by atoms with E-state index in [9.17, 15) is 18.4 Å². The first-order chi connectivity index (χ1) is 9.31. The van der Waals surface area contributed by atoms with Crippen LogP contribution < -0.4 is 11.1 Å². The van der Waals surface area contributed by atoms with Crippen molar-refractivity contribution in [1.82, 2.24) is 5.32 Å². The first-order valence-electron chi connectivity index (χ1n) is 5.97. The molecule has 0 aliphatic rings. The highest BCUT2D eigenvalue weighted by Crippen LogP contribution is 2.13. The third kappa shape index (κ3) is 4.46. The lowest BCUT2D eigenvalue weighted by Gasteiger charge is -2.15. The summed E-state index contributed by atoms with van der Waals surface area (Å²) in [4.78, 5) is 22.9. The van der Waals surface area contributed by atoms with Crippen LogP contribution in [0.4, 0.5) is 8.78 Å². The molecule has 0 unspecified atom stereocenters. The van der Waals surface area contributed by atoms with E-state index in [4.69, 9.17) is 5.73 Å². The maximum absolute atomic E-state index is 13.4. The number of hydrogen-bond donors (Lipinski definition) is 2. The Morgan fingerprint density at radius 3 is 2.35 bits per heavy atom. The van der Waals surface area contributed by atoms with Crippen LogP contribution in [0.5, 0.6) is 0 Å². The summed E-state index contributed by atoms with van der Waals surface area (Å²) >= 11 is 0. The van der Waals surface area contributed by atoms with E-state index in [-0.39, 0.29) is 12.0 Å². The highest BCUT2D eigenvalue weighted by atomic mass is 19.1. The summed E-state index contributed by atoms with van der Waals surface area (Å²) in [5, 5.41) is 2.34. The molecule has 1 rings (SSSR count). The number of primary amides is 1. The van der Waals surface area contributed by atoms with Crippen LogP contribution in [0.1, 0.15) is 18.9 Å². The first-order valence-corrected chi connectivity index (χ1v) is 5.97.